The molecule has 1 aromatic heterocycles. The maximum absolute atomic E-state index is 12.3. The highest BCUT2D eigenvalue weighted by atomic mass is 32.2. The zero-order valence-corrected chi connectivity index (χ0v) is 16.5. The number of carbonyl (C=O) groups excluding carboxylic acids is 1. The van der Waals surface area contributed by atoms with E-state index in [-0.39, 0.29) is 11.7 Å². The minimum atomic E-state index is -0.0839. The van der Waals surface area contributed by atoms with Crippen molar-refractivity contribution in [1.29, 1.82) is 0 Å². The van der Waals surface area contributed by atoms with E-state index in [1.165, 1.54) is 11.8 Å². The molecule has 3 rings (SSSR count). The smallest absolute Gasteiger partial charge is 0.234 e. The molecule has 3 aromatic rings. The molecule has 6 nitrogen and oxygen atoms in total. The van der Waals surface area contributed by atoms with Gasteiger partial charge in [0.25, 0.3) is 0 Å². The highest BCUT2D eigenvalue weighted by Crippen LogP contribution is 2.24. The van der Waals surface area contributed by atoms with Gasteiger partial charge in [-0.05, 0) is 43.3 Å². The Hall–Kier alpha value is -2.80. The van der Waals surface area contributed by atoms with Gasteiger partial charge in [-0.15, -0.1) is 0 Å². The van der Waals surface area contributed by atoms with Gasteiger partial charge in [-0.3, -0.25) is 4.79 Å². The number of hydrogen-bond acceptors (Lipinski definition) is 6. The molecule has 27 heavy (non-hydrogen) atoms. The van der Waals surface area contributed by atoms with Gasteiger partial charge in [0.2, 0.25) is 5.91 Å². The van der Waals surface area contributed by atoms with Crippen molar-refractivity contribution in [2.45, 2.75) is 12.1 Å². The number of rotatable bonds is 7. The van der Waals surface area contributed by atoms with Gasteiger partial charge in [0.1, 0.15) is 5.82 Å². The monoisotopic (exact) mass is 381 g/mol. The number of amides is 1. The highest BCUT2D eigenvalue weighted by molar-refractivity contribution is 7.99. The number of anilines is 3. The maximum Gasteiger partial charge on any atom is 0.234 e. The van der Waals surface area contributed by atoms with Crippen molar-refractivity contribution in [1.82, 2.24) is 9.97 Å². The first-order valence-corrected chi connectivity index (χ1v) is 9.76. The molecule has 2 N–H and O–H groups in total. The third-order valence-corrected chi connectivity index (χ3v) is 4.77. The molecule has 0 aliphatic rings. The SMILES string of the molecule is CCNc1nc(SCC(=O)Nc2ccc(N(C)C)cc2)nc2ccccc12. The van der Waals surface area contributed by atoms with Gasteiger partial charge >= 0.3 is 0 Å². The Labute approximate surface area is 163 Å². The van der Waals surface area contributed by atoms with Crippen LogP contribution in [0.25, 0.3) is 10.9 Å². The maximum atomic E-state index is 12.3. The largest absolute Gasteiger partial charge is 0.378 e. The molecule has 0 aliphatic heterocycles. The molecular weight excluding hydrogens is 358 g/mol. The average Bonchev–Trinajstić information content (AvgIpc) is 2.67. The number of aromatic nitrogens is 2. The van der Waals surface area contributed by atoms with E-state index in [1.807, 2.05) is 74.4 Å². The van der Waals surface area contributed by atoms with Crippen LogP contribution in [-0.4, -0.2) is 42.3 Å². The summed E-state index contributed by atoms with van der Waals surface area (Å²) < 4.78 is 0. The van der Waals surface area contributed by atoms with E-state index in [1.54, 1.807) is 0 Å². The summed E-state index contributed by atoms with van der Waals surface area (Å²) in [7, 11) is 3.96. The summed E-state index contributed by atoms with van der Waals surface area (Å²) in [5, 5.41) is 7.74. The fourth-order valence-corrected chi connectivity index (χ4v) is 3.24. The van der Waals surface area contributed by atoms with Crippen LogP contribution in [0.4, 0.5) is 17.2 Å². The minimum Gasteiger partial charge on any atom is -0.378 e. The fraction of sp³-hybridized carbons (Fsp3) is 0.250. The van der Waals surface area contributed by atoms with Gasteiger partial charge in [0.05, 0.1) is 11.3 Å². The van der Waals surface area contributed by atoms with Gasteiger partial charge in [-0.1, -0.05) is 23.9 Å². The van der Waals surface area contributed by atoms with Crippen LogP contribution in [0.15, 0.2) is 53.7 Å². The molecule has 1 heterocycles. The Bertz CT molecular complexity index is 927. The van der Waals surface area contributed by atoms with Crippen molar-refractivity contribution in [2.75, 3.05) is 41.9 Å². The predicted octanol–water partition coefficient (Wildman–Crippen LogP) is 3.86. The van der Waals surface area contributed by atoms with Crippen molar-refractivity contribution >= 4 is 45.8 Å². The summed E-state index contributed by atoms with van der Waals surface area (Å²) in [6, 6.07) is 15.6. The second-order valence-electron chi connectivity index (χ2n) is 6.18. The third-order valence-electron chi connectivity index (χ3n) is 3.93. The summed E-state index contributed by atoms with van der Waals surface area (Å²) in [4.78, 5) is 23.4. The average molecular weight is 382 g/mol. The number of thioether (sulfide) groups is 1. The van der Waals surface area contributed by atoms with E-state index in [4.69, 9.17) is 0 Å². The Kier molecular flexibility index (Phi) is 6.13. The van der Waals surface area contributed by atoms with Crippen molar-refractivity contribution in [3.8, 4) is 0 Å². The summed E-state index contributed by atoms with van der Waals surface area (Å²) in [6.45, 7) is 2.80. The quantitative estimate of drug-likeness (QED) is 0.478. The van der Waals surface area contributed by atoms with Gasteiger partial charge in [-0.25, -0.2) is 9.97 Å². The molecule has 0 aliphatic carbocycles. The number of para-hydroxylation sites is 1. The van der Waals surface area contributed by atoms with E-state index in [0.717, 1.165) is 34.6 Å². The Morgan fingerprint density at radius 3 is 2.52 bits per heavy atom. The lowest BCUT2D eigenvalue weighted by Gasteiger charge is -2.13. The molecule has 0 saturated heterocycles. The Morgan fingerprint density at radius 2 is 1.81 bits per heavy atom. The Balaban J connectivity index is 1.66. The lowest BCUT2D eigenvalue weighted by atomic mass is 10.2. The normalized spacial score (nSPS) is 10.6. The zero-order chi connectivity index (χ0) is 19.2. The van der Waals surface area contributed by atoms with Crippen LogP contribution in [0.1, 0.15) is 6.92 Å². The van der Waals surface area contributed by atoms with E-state index >= 15 is 0 Å². The van der Waals surface area contributed by atoms with Crippen molar-refractivity contribution in [3.05, 3.63) is 48.5 Å². The first-order valence-electron chi connectivity index (χ1n) is 8.77. The first kappa shape index (κ1) is 19.0. The molecule has 0 atom stereocenters. The number of nitrogens with one attached hydrogen (secondary N) is 2. The Morgan fingerprint density at radius 1 is 1.07 bits per heavy atom. The number of fused-ring (bicyclic) bond motifs is 1. The molecule has 0 unspecified atom stereocenters. The number of carbonyl (C=O) groups is 1. The van der Waals surface area contributed by atoms with Gasteiger partial charge in [-0.2, -0.15) is 0 Å². The first-order chi connectivity index (χ1) is 13.1. The van der Waals surface area contributed by atoms with Crippen LogP contribution in [0.5, 0.6) is 0 Å². The highest BCUT2D eigenvalue weighted by Gasteiger charge is 2.10. The summed E-state index contributed by atoms with van der Waals surface area (Å²) in [5.41, 5.74) is 2.73. The standard InChI is InChI=1S/C20H23N5OS/c1-4-21-19-16-7-5-6-8-17(16)23-20(24-19)27-13-18(26)22-14-9-11-15(12-10-14)25(2)3/h5-12H,4,13H2,1-3H3,(H,22,26)(H,21,23,24). The lowest BCUT2D eigenvalue weighted by molar-refractivity contribution is -0.113. The molecule has 0 radical (unpaired) electrons. The predicted molar refractivity (Wildman–Crippen MR) is 114 cm³/mol. The second-order valence-corrected chi connectivity index (χ2v) is 7.12. The number of hydrogen-bond donors (Lipinski definition) is 2. The van der Waals surface area contributed by atoms with Gasteiger partial charge in [0.15, 0.2) is 5.16 Å². The van der Waals surface area contributed by atoms with Crippen LogP contribution in [0.2, 0.25) is 0 Å². The molecular formula is C20H23N5OS. The topological polar surface area (TPSA) is 70.2 Å². The van der Waals surface area contributed by atoms with Crippen molar-refractivity contribution < 1.29 is 4.79 Å². The molecule has 7 heteroatoms. The number of nitrogens with zero attached hydrogens (tertiary/aromatic N) is 3. The molecule has 1 amide bonds. The molecule has 0 spiro atoms. The summed E-state index contributed by atoms with van der Waals surface area (Å²) in [6.07, 6.45) is 0. The minimum absolute atomic E-state index is 0.0839. The molecule has 140 valence electrons. The van der Waals surface area contributed by atoms with Crippen LogP contribution in [0, 0.1) is 0 Å². The van der Waals surface area contributed by atoms with Crippen LogP contribution in [0.3, 0.4) is 0 Å². The van der Waals surface area contributed by atoms with Crippen molar-refractivity contribution in [3.63, 3.8) is 0 Å². The molecule has 2 aromatic carbocycles. The molecule has 0 bridgehead atoms. The molecule has 0 fully saturated rings. The molecule has 0 saturated carbocycles. The summed E-state index contributed by atoms with van der Waals surface area (Å²) in [5.74, 6) is 0.962. The van der Waals surface area contributed by atoms with E-state index in [9.17, 15) is 4.79 Å². The van der Waals surface area contributed by atoms with Crippen LogP contribution < -0.4 is 15.5 Å². The van der Waals surface area contributed by atoms with Gasteiger partial charge in [0, 0.05) is 37.4 Å². The van der Waals surface area contributed by atoms with E-state index in [0.29, 0.717) is 5.16 Å². The van der Waals surface area contributed by atoms with Gasteiger partial charge < -0.3 is 15.5 Å². The fourth-order valence-electron chi connectivity index (χ4n) is 2.59. The van der Waals surface area contributed by atoms with E-state index < -0.39 is 0 Å². The zero-order valence-electron chi connectivity index (χ0n) is 15.7. The lowest BCUT2D eigenvalue weighted by Crippen LogP contribution is -2.15. The third kappa shape index (κ3) is 4.89. The second kappa shape index (κ2) is 8.73. The summed E-state index contributed by atoms with van der Waals surface area (Å²) >= 11 is 1.33. The van der Waals surface area contributed by atoms with Crippen molar-refractivity contribution in [2.24, 2.45) is 0 Å². The van der Waals surface area contributed by atoms with E-state index in [2.05, 4.69) is 20.6 Å². The van der Waals surface area contributed by atoms with Crippen LogP contribution >= 0.6 is 11.8 Å². The number of benzene rings is 2. The van der Waals surface area contributed by atoms with Crippen LogP contribution in [-0.2, 0) is 4.79 Å².